The monoisotopic (exact) mass is 308 g/mol. The zero-order chi connectivity index (χ0) is 10.4. The molecule has 1 N–H and O–H groups in total. The van der Waals surface area contributed by atoms with E-state index in [0.29, 0.717) is 11.0 Å². The predicted octanol–water partition coefficient (Wildman–Crippen LogP) is 1.87. The van der Waals surface area contributed by atoms with Crippen LogP contribution in [0.25, 0.3) is 0 Å². The molecule has 0 fully saturated rings. The minimum Gasteiger partial charge on any atom is -0.497 e. The van der Waals surface area contributed by atoms with Gasteiger partial charge in [0.2, 0.25) is 0 Å². The lowest BCUT2D eigenvalue weighted by molar-refractivity contribution is 0.128. The van der Waals surface area contributed by atoms with Gasteiger partial charge in [-0.05, 0) is 24.3 Å². The summed E-state index contributed by atoms with van der Waals surface area (Å²) < 4.78 is 11.0. The van der Waals surface area contributed by atoms with Crippen LogP contribution in [-0.4, -0.2) is 29.4 Å². The minimum absolute atomic E-state index is 0.329. The van der Waals surface area contributed by atoms with Gasteiger partial charge in [-0.15, -0.1) is 0 Å². The number of aliphatic hydroxyl groups excluding tert-OH is 1. The molecular formula is C10H13IO3. The third-order valence-electron chi connectivity index (χ3n) is 1.68. The van der Waals surface area contributed by atoms with E-state index >= 15 is 0 Å². The molecule has 1 rings (SSSR count). The van der Waals surface area contributed by atoms with Gasteiger partial charge >= 0.3 is 0 Å². The van der Waals surface area contributed by atoms with Gasteiger partial charge in [0.1, 0.15) is 18.1 Å². The number of methoxy groups -OCH3 is 1. The quantitative estimate of drug-likeness (QED) is 0.667. The number of alkyl halides is 1. The number of hydrogen-bond acceptors (Lipinski definition) is 3. The summed E-state index contributed by atoms with van der Waals surface area (Å²) in [6.45, 7) is 0.329. The lowest BCUT2D eigenvalue weighted by Crippen LogP contribution is -2.18. The summed E-state index contributed by atoms with van der Waals surface area (Å²) >= 11 is 2.12. The van der Waals surface area contributed by atoms with E-state index < -0.39 is 6.10 Å². The van der Waals surface area contributed by atoms with Gasteiger partial charge in [0, 0.05) is 4.43 Å². The zero-order valence-electron chi connectivity index (χ0n) is 7.94. The molecule has 0 saturated heterocycles. The summed E-state index contributed by atoms with van der Waals surface area (Å²) in [6.07, 6.45) is -0.405. The van der Waals surface area contributed by atoms with Gasteiger partial charge in [0.15, 0.2) is 0 Å². The lowest BCUT2D eigenvalue weighted by atomic mass is 10.3. The average Bonchev–Trinajstić information content (AvgIpc) is 2.26. The molecule has 0 amide bonds. The predicted molar refractivity (Wildman–Crippen MR) is 63.4 cm³/mol. The third-order valence-corrected chi connectivity index (χ3v) is 2.70. The molecule has 3 nitrogen and oxygen atoms in total. The van der Waals surface area contributed by atoms with Gasteiger partial charge in [0.25, 0.3) is 0 Å². The fraction of sp³-hybridized carbons (Fsp3) is 0.400. The molecule has 0 aromatic heterocycles. The Bertz CT molecular complexity index is 261. The van der Waals surface area contributed by atoms with E-state index in [1.807, 2.05) is 24.3 Å². The number of halogens is 1. The molecule has 0 aliphatic carbocycles. The van der Waals surface area contributed by atoms with Crippen LogP contribution in [-0.2, 0) is 0 Å². The summed E-state index contributed by atoms with van der Waals surface area (Å²) in [4.78, 5) is 0. The molecule has 78 valence electrons. The Morgan fingerprint density at radius 1 is 1.29 bits per heavy atom. The van der Waals surface area contributed by atoms with Crippen LogP contribution in [0.15, 0.2) is 24.3 Å². The van der Waals surface area contributed by atoms with Crippen LogP contribution in [0.3, 0.4) is 0 Å². The van der Waals surface area contributed by atoms with Crippen LogP contribution >= 0.6 is 22.6 Å². The van der Waals surface area contributed by atoms with Crippen LogP contribution in [0.4, 0.5) is 0 Å². The zero-order valence-corrected chi connectivity index (χ0v) is 10.1. The molecule has 1 aromatic rings. The Morgan fingerprint density at radius 3 is 2.36 bits per heavy atom. The first-order valence-electron chi connectivity index (χ1n) is 4.27. The molecule has 0 spiro atoms. The second-order valence-corrected chi connectivity index (χ2v) is 3.68. The molecule has 14 heavy (non-hydrogen) atoms. The molecule has 0 aliphatic heterocycles. The van der Waals surface area contributed by atoms with Crippen molar-refractivity contribution in [2.75, 3.05) is 18.1 Å². The number of ether oxygens (including phenoxy) is 2. The minimum atomic E-state index is -0.405. The number of benzene rings is 1. The van der Waals surface area contributed by atoms with E-state index in [9.17, 15) is 5.11 Å². The molecule has 0 aliphatic rings. The Labute approximate surface area is 97.2 Å². The molecule has 1 atom stereocenters. The van der Waals surface area contributed by atoms with Gasteiger partial charge in [-0.2, -0.15) is 0 Å². The number of hydrogen-bond donors (Lipinski definition) is 1. The summed E-state index contributed by atoms with van der Waals surface area (Å²) in [5, 5.41) is 9.26. The van der Waals surface area contributed by atoms with Gasteiger partial charge < -0.3 is 14.6 Å². The fourth-order valence-electron chi connectivity index (χ4n) is 0.909. The molecule has 0 bridgehead atoms. The smallest absolute Gasteiger partial charge is 0.119 e. The topological polar surface area (TPSA) is 38.7 Å². The van der Waals surface area contributed by atoms with Crippen LogP contribution in [0.1, 0.15) is 0 Å². The second kappa shape index (κ2) is 6.08. The SMILES string of the molecule is COc1ccc(OCC(O)CI)cc1. The van der Waals surface area contributed by atoms with Crippen molar-refractivity contribution in [1.82, 2.24) is 0 Å². The van der Waals surface area contributed by atoms with Gasteiger partial charge in [0.05, 0.1) is 13.2 Å². The van der Waals surface area contributed by atoms with Crippen LogP contribution < -0.4 is 9.47 Å². The van der Waals surface area contributed by atoms with Crippen molar-refractivity contribution in [1.29, 1.82) is 0 Å². The Morgan fingerprint density at radius 2 is 1.86 bits per heavy atom. The van der Waals surface area contributed by atoms with E-state index in [0.717, 1.165) is 11.5 Å². The fourth-order valence-corrected chi connectivity index (χ4v) is 1.16. The molecule has 0 saturated carbocycles. The van der Waals surface area contributed by atoms with Gasteiger partial charge in [-0.1, -0.05) is 22.6 Å². The second-order valence-electron chi connectivity index (χ2n) is 2.79. The maximum atomic E-state index is 9.26. The van der Waals surface area contributed by atoms with Crippen molar-refractivity contribution in [3.05, 3.63) is 24.3 Å². The van der Waals surface area contributed by atoms with E-state index in [1.165, 1.54) is 0 Å². The van der Waals surface area contributed by atoms with E-state index in [1.54, 1.807) is 7.11 Å². The van der Waals surface area contributed by atoms with Crippen molar-refractivity contribution in [2.24, 2.45) is 0 Å². The highest BCUT2D eigenvalue weighted by molar-refractivity contribution is 14.1. The molecule has 0 heterocycles. The van der Waals surface area contributed by atoms with Crippen molar-refractivity contribution in [3.8, 4) is 11.5 Å². The van der Waals surface area contributed by atoms with E-state index in [-0.39, 0.29) is 0 Å². The summed E-state index contributed by atoms with van der Waals surface area (Å²) in [7, 11) is 1.62. The van der Waals surface area contributed by atoms with Crippen molar-refractivity contribution < 1.29 is 14.6 Å². The highest BCUT2D eigenvalue weighted by atomic mass is 127. The van der Waals surface area contributed by atoms with Crippen molar-refractivity contribution >= 4 is 22.6 Å². The summed E-state index contributed by atoms with van der Waals surface area (Å²) in [5.41, 5.74) is 0. The van der Waals surface area contributed by atoms with Gasteiger partial charge in [-0.3, -0.25) is 0 Å². The number of rotatable bonds is 5. The van der Waals surface area contributed by atoms with E-state index in [4.69, 9.17) is 9.47 Å². The van der Waals surface area contributed by atoms with Crippen LogP contribution in [0.2, 0.25) is 0 Å². The standard InChI is InChI=1S/C10H13IO3/c1-13-9-2-4-10(5-3-9)14-7-8(12)6-11/h2-5,8,12H,6-7H2,1H3. The first-order valence-corrected chi connectivity index (χ1v) is 5.79. The Balaban J connectivity index is 2.43. The van der Waals surface area contributed by atoms with E-state index in [2.05, 4.69) is 22.6 Å². The normalized spacial score (nSPS) is 12.2. The largest absolute Gasteiger partial charge is 0.497 e. The maximum absolute atomic E-state index is 9.26. The molecule has 1 aromatic carbocycles. The van der Waals surface area contributed by atoms with Gasteiger partial charge in [-0.25, -0.2) is 0 Å². The summed E-state index contributed by atoms with van der Waals surface area (Å²) in [5.74, 6) is 1.54. The molecule has 0 radical (unpaired) electrons. The number of aliphatic hydroxyl groups is 1. The third kappa shape index (κ3) is 3.71. The Kier molecular flexibility index (Phi) is 5.03. The highest BCUT2D eigenvalue weighted by Gasteiger charge is 2.02. The van der Waals surface area contributed by atoms with Crippen LogP contribution in [0, 0.1) is 0 Å². The molecule has 1 unspecified atom stereocenters. The maximum Gasteiger partial charge on any atom is 0.119 e. The van der Waals surface area contributed by atoms with Crippen molar-refractivity contribution in [2.45, 2.75) is 6.10 Å². The Hall–Kier alpha value is -0.490. The summed E-state index contributed by atoms with van der Waals surface area (Å²) in [6, 6.07) is 7.29. The molecule has 4 heteroatoms. The molecular weight excluding hydrogens is 295 g/mol. The highest BCUT2D eigenvalue weighted by Crippen LogP contribution is 2.17. The van der Waals surface area contributed by atoms with Crippen molar-refractivity contribution in [3.63, 3.8) is 0 Å². The first-order chi connectivity index (χ1) is 6.76. The first kappa shape index (κ1) is 11.6. The average molecular weight is 308 g/mol. The van der Waals surface area contributed by atoms with Crippen LogP contribution in [0.5, 0.6) is 11.5 Å². The lowest BCUT2D eigenvalue weighted by Gasteiger charge is -2.09.